The molecule has 0 saturated heterocycles. The molecular formula is C38H26N. The Labute approximate surface area is 229 Å². The molecule has 0 fully saturated rings. The van der Waals surface area contributed by atoms with Crippen LogP contribution in [0.2, 0.25) is 0 Å². The van der Waals surface area contributed by atoms with Crippen LogP contribution in [0.3, 0.4) is 0 Å². The summed E-state index contributed by atoms with van der Waals surface area (Å²) >= 11 is 0. The van der Waals surface area contributed by atoms with Gasteiger partial charge in [0, 0.05) is 17.1 Å². The molecule has 1 radical (unpaired) electrons. The molecule has 0 unspecified atom stereocenters. The molecule has 1 nitrogen and oxygen atoms in total. The number of para-hydroxylation sites is 2. The summed E-state index contributed by atoms with van der Waals surface area (Å²) in [4.78, 5) is 2.30. The lowest BCUT2D eigenvalue weighted by Crippen LogP contribution is -2.09. The average Bonchev–Trinajstić information content (AvgIpc) is 3.02. The normalized spacial score (nSPS) is 11.1. The first-order valence-corrected chi connectivity index (χ1v) is 13.3. The molecule has 7 aromatic carbocycles. The molecule has 0 spiro atoms. The fourth-order valence-electron chi connectivity index (χ4n) is 5.68. The average molecular weight is 497 g/mol. The van der Waals surface area contributed by atoms with Gasteiger partial charge in [-0.3, -0.25) is 0 Å². The maximum Gasteiger partial charge on any atom is 0.0462 e. The molecule has 0 N–H and O–H groups in total. The number of fused-ring (bicyclic) bond motifs is 2. The summed E-state index contributed by atoms with van der Waals surface area (Å²) in [6.45, 7) is 0. The Bertz CT molecular complexity index is 1780. The number of hydrogen-bond acceptors (Lipinski definition) is 1. The van der Waals surface area contributed by atoms with E-state index in [9.17, 15) is 0 Å². The predicted octanol–water partition coefficient (Wildman–Crippen LogP) is 10.6. The van der Waals surface area contributed by atoms with Crippen LogP contribution in [0.5, 0.6) is 0 Å². The summed E-state index contributed by atoms with van der Waals surface area (Å²) < 4.78 is 0. The second kappa shape index (κ2) is 9.96. The van der Waals surface area contributed by atoms with Crippen molar-refractivity contribution in [2.24, 2.45) is 0 Å². The van der Waals surface area contributed by atoms with Crippen LogP contribution in [0, 0.1) is 6.07 Å². The van der Waals surface area contributed by atoms with E-state index in [4.69, 9.17) is 0 Å². The number of nitrogens with zero attached hydrogens (tertiary/aromatic N) is 1. The van der Waals surface area contributed by atoms with Crippen LogP contribution in [-0.2, 0) is 0 Å². The van der Waals surface area contributed by atoms with E-state index >= 15 is 0 Å². The minimum absolute atomic E-state index is 1.13. The number of anilines is 3. The van der Waals surface area contributed by atoms with E-state index < -0.39 is 0 Å². The van der Waals surface area contributed by atoms with Crippen molar-refractivity contribution in [3.63, 3.8) is 0 Å². The van der Waals surface area contributed by atoms with E-state index in [1.165, 1.54) is 43.8 Å². The number of rotatable bonds is 5. The van der Waals surface area contributed by atoms with Gasteiger partial charge in [0.25, 0.3) is 0 Å². The van der Waals surface area contributed by atoms with E-state index in [0.29, 0.717) is 0 Å². The molecule has 1 heteroatoms. The molecule has 183 valence electrons. The zero-order valence-corrected chi connectivity index (χ0v) is 21.5. The lowest BCUT2D eigenvalue weighted by Gasteiger charge is -2.25. The van der Waals surface area contributed by atoms with Crippen LogP contribution in [0.1, 0.15) is 0 Å². The fourth-order valence-corrected chi connectivity index (χ4v) is 5.68. The summed E-state index contributed by atoms with van der Waals surface area (Å²) in [5.74, 6) is 0. The smallest absolute Gasteiger partial charge is 0.0462 e. The maximum absolute atomic E-state index is 3.17. The Balaban J connectivity index is 1.43. The van der Waals surface area contributed by atoms with Crippen molar-refractivity contribution < 1.29 is 0 Å². The topological polar surface area (TPSA) is 3.24 Å². The van der Waals surface area contributed by atoms with E-state index in [1.807, 2.05) is 12.1 Å². The molecule has 0 amide bonds. The Hall–Kier alpha value is -5.14. The molecule has 7 rings (SSSR count). The zero-order valence-electron chi connectivity index (χ0n) is 21.5. The van der Waals surface area contributed by atoms with Gasteiger partial charge >= 0.3 is 0 Å². The second-order valence-corrected chi connectivity index (χ2v) is 9.68. The molecule has 0 aliphatic heterocycles. The van der Waals surface area contributed by atoms with Gasteiger partial charge in [0.05, 0.1) is 0 Å². The van der Waals surface area contributed by atoms with Crippen molar-refractivity contribution in [2.45, 2.75) is 0 Å². The van der Waals surface area contributed by atoms with Gasteiger partial charge < -0.3 is 4.90 Å². The van der Waals surface area contributed by atoms with Crippen molar-refractivity contribution in [2.75, 3.05) is 4.90 Å². The zero-order chi connectivity index (χ0) is 26.0. The van der Waals surface area contributed by atoms with Crippen LogP contribution in [0.25, 0.3) is 43.8 Å². The highest BCUT2D eigenvalue weighted by atomic mass is 15.1. The van der Waals surface area contributed by atoms with Gasteiger partial charge in [-0.1, -0.05) is 121 Å². The minimum Gasteiger partial charge on any atom is -0.311 e. The van der Waals surface area contributed by atoms with Crippen molar-refractivity contribution in [3.8, 4) is 22.3 Å². The Morgan fingerprint density at radius 2 is 0.692 bits per heavy atom. The van der Waals surface area contributed by atoms with Crippen LogP contribution >= 0.6 is 0 Å². The van der Waals surface area contributed by atoms with Crippen LogP contribution in [0.15, 0.2) is 158 Å². The molecule has 39 heavy (non-hydrogen) atoms. The monoisotopic (exact) mass is 496 g/mol. The SMILES string of the molecule is [c]1ccc(-c2c3ccccc3c(-c3ccc(N(c4ccccc4)c4ccccc4)cc3)c3ccccc23)cc1. The van der Waals surface area contributed by atoms with E-state index in [1.54, 1.807) is 0 Å². The third-order valence-corrected chi connectivity index (χ3v) is 7.38. The lowest BCUT2D eigenvalue weighted by atomic mass is 9.86. The summed E-state index contributed by atoms with van der Waals surface area (Å²) in [6, 6.07) is 59.1. The highest BCUT2D eigenvalue weighted by molar-refractivity contribution is 6.21. The van der Waals surface area contributed by atoms with Gasteiger partial charge in [-0.2, -0.15) is 0 Å². The summed E-state index contributed by atoms with van der Waals surface area (Å²) in [5, 5.41) is 5.04. The van der Waals surface area contributed by atoms with Crippen molar-refractivity contribution in [1.29, 1.82) is 0 Å². The van der Waals surface area contributed by atoms with Crippen LogP contribution in [0.4, 0.5) is 17.1 Å². The van der Waals surface area contributed by atoms with Gasteiger partial charge in [0.2, 0.25) is 0 Å². The van der Waals surface area contributed by atoms with Gasteiger partial charge in [-0.05, 0) is 86.3 Å². The quantitative estimate of drug-likeness (QED) is 0.214. The first-order valence-electron chi connectivity index (χ1n) is 13.3. The van der Waals surface area contributed by atoms with Crippen molar-refractivity contribution in [3.05, 3.63) is 164 Å². The number of hydrogen-bond donors (Lipinski definition) is 0. The highest BCUT2D eigenvalue weighted by Crippen LogP contribution is 2.44. The van der Waals surface area contributed by atoms with Crippen molar-refractivity contribution >= 4 is 38.6 Å². The van der Waals surface area contributed by atoms with Crippen LogP contribution < -0.4 is 4.90 Å². The van der Waals surface area contributed by atoms with Crippen molar-refractivity contribution in [1.82, 2.24) is 0 Å². The fraction of sp³-hybridized carbons (Fsp3) is 0. The van der Waals surface area contributed by atoms with Crippen LogP contribution in [-0.4, -0.2) is 0 Å². The molecule has 0 heterocycles. The molecule has 0 aliphatic rings. The third kappa shape index (κ3) is 4.15. The van der Waals surface area contributed by atoms with E-state index in [2.05, 4.69) is 157 Å². The molecular weight excluding hydrogens is 470 g/mol. The van der Waals surface area contributed by atoms with Gasteiger partial charge in [0.1, 0.15) is 0 Å². The first kappa shape index (κ1) is 23.0. The maximum atomic E-state index is 3.17. The molecule has 0 aliphatic carbocycles. The molecule has 0 bridgehead atoms. The largest absolute Gasteiger partial charge is 0.311 e. The summed E-state index contributed by atoms with van der Waals surface area (Å²) in [5.41, 5.74) is 8.36. The first-order chi connectivity index (χ1) is 19.4. The molecule has 0 saturated carbocycles. The van der Waals surface area contributed by atoms with Gasteiger partial charge in [-0.15, -0.1) is 0 Å². The standard InChI is InChI=1S/C38H26N/c1-4-14-28(15-5-1)37-33-20-10-12-22-35(33)38(36-23-13-11-21-34(36)37)29-24-26-32(27-25-29)39(30-16-6-2-7-17-30)31-18-8-3-9-19-31/h2-27H. The second-order valence-electron chi connectivity index (χ2n) is 9.68. The third-order valence-electron chi connectivity index (χ3n) is 7.38. The molecule has 0 atom stereocenters. The van der Waals surface area contributed by atoms with E-state index in [-0.39, 0.29) is 0 Å². The summed E-state index contributed by atoms with van der Waals surface area (Å²) in [6.07, 6.45) is 0. The Morgan fingerprint density at radius 3 is 1.13 bits per heavy atom. The molecule has 7 aromatic rings. The lowest BCUT2D eigenvalue weighted by molar-refractivity contribution is 1.28. The summed E-state index contributed by atoms with van der Waals surface area (Å²) in [7, 11) is 0. The number of benzene rings is 7. The predicted molar refractivity (Wildman–Crippen MR) is 166 cm³/mol. The van der Waals surface area contributed by atoms with E-state index in [0.717, 1.165) is 17.1 Å². The van der Waals surface area contributed by atoms with Gasteiger partial charge in [0.15, 0.2) is 0 Å². The highest BCUT2D eigenvalue weighted by Gasteiger charge is 2.17. The Morgan fingerprint density at radius 1 is 0.333 bits per heavy atom. The molecule has 0 aromatic heterocycles. The Kier molecular flexibility index (Phi) is 5.88. The van der Waals surface area contributed by atoms with Gasteiger partial charge in [-0.25, -0.2) is 0 Å². The minimum atomic E-state index is 1.13.